The number of fused-ring (bicyclic) bond motifs is 1. The summed E-state index contributed by atoms with van der Waals surface area (Å²) < 4.78 is 62.2. The van der Waals surface area contributed by atoms with E-state index in [-0.39, 0.29) is 36.0 Å². The van der Waals surface area contributed by atoms with Crippen molar-refractivity contribution in [2.24, 2.45) is 0 Å². The third kappa shape index (κ3) is 6.73. The van der Waals surface area contributed by atoms with E-state index in [2.05, 4.69) is 27.5 Å². The third-order valence-electron chi connectivity index (χ3n) is 7.62. The minimum absolute atomic E-state index is 0.00192. The average Bonchev–Trinajstić information content (AvgIpc) is 3.61. The summed E-state index contributed by atoms with van der Waals surface area (Å²) in [4.78, 5) is 20.9. The highest BCUT2D eigenvalue weighted by Crippen LogP contribution is 2.29. The lowest BCUT2D eigenvalue weighted by atomic mass is 10.0. The molecule has 2 aromatic heterocycles. The summed E-state index contributed by atoms with van der Waals surface area (Å²) in [5, 5.41) is 6.27. The molecule has 3 aromatic rings. The second-order valence-corrected chi connectivity index (χ2v) is 10.7. The second kappa shape index (κ2) is 12.5. The molecular weight excluding hydrogens is 552 g/mol. The molecule has 0 unspecified atom stereocenters. The van der Waals surface area contributed by atoms with E-state index in [0.29, 0.717) is 35.7 Å². The van der Waals surface area contributed by atoms with E-state index in [9.17, 15) is 22.4 Å². The van der Waals surface area contributed by atoms with Gasteiger partial charge in [-0.05, 0) is 62.6 Å². The van der Waals surface area contributed by atoms with Crippen LogP contribution in [0.5, 0.6) is 5.75 Å². The first-order valence-corrected chi connectivity index (χ1v) is 14.0. The Balaban J connectivity index is 1.36. The fourth-order valence-electron chi connectivity index (χ4n) is 5.45. The van der Waals surface area contributed by atoms with Gasteiger partial charge in [-0.2, -0.15) is 13.2 Å². The van der Waals surface area contributed by atoms with E-state index >= 15 is 0 Å². The minimum Gasteiger partial charge on any atom is -0.495 e. The van der Waals surface area contributed by atoms with Gasteiger partial charge in [-0.1, -0.05) is 5.92 Å². The molecule has 224 valence electrons. The standard InChI is InChI=1S/C30H34F4N6O2/c1-38-16-11-22(21(31)19-38)36-25-8-6-15-40-26(18-30(32,33)34)23(37-28(25)40)7-5-12-35-24-10-9-20(17-27(24)42-2)29(41)39-13-3-4-14-39/h6,8-10,15,17,21-22,35-36H,3-4,11-14,16,18-19H2,1-2H3/t21-,22+/m0/s1. The highest BCUT2D eigenvalue weighted by Gasteiger charge is 2.32. The smallest absolute Gasteiger partial charge is 0.394 e. The molecule has 8 nitrogen and oxygen atoms in total. The first-order chi connectivity index (χ1) is 20.1. The summed E-state index contributed by atoms with van der Waals surface area (Å²) in [5.41, 5.74) is 1.76. The molecule has 2 atom stereocenters. The number of alkyl halides is 4. The highest BCUT2D eigenvalue weighted by molar-refractivity contribution is 5.95. The number of carbonyl (C=O) groups excluding carboxylic acids is 1. The zero-order valence-electron chi connectivity index (χ0n) is 23.6. The molecule has 1 amide bonds. The zero-order valence-corrected chi connectivity index (χ0v) is 23.6. The minimum atomic E-state index is -4.48. The van der Waals surface area contributed by atoms with Gasteiger partial charge < -0.3 is 29.6 Å². The Labute approximate surface area is 242 Å². The number of nitrogens with one attached hydrogen (secondary N) is 2. The lowest BCUT2D eigenvalue weighted by molar-refractivity contribution is -0.128. The molecule has 2 aliphatic heterocycles. The van der Waals surface area contributed by atoms with E-state index in [0.717, 1.165) is 25.9 Å². The number of imidazole rings is 1. The topological polar surface area (TPSA) is 74.1 Å². The summed E-state index contributed by atoms with van der Waals surface area (Å²) in [6, 6.07) is 7.93. The van der Waals surface area contributed by atoms with Crippen LogP contribution in [-0.4, -0.2) is 90.4 Å². The van der Waals surface area contributed by atoms with Crippen molar-refractivity contribution >= 4 is 22.9 Å². The molecule has 42 heavy (non-hydrogen) atoms. The molecule has 0 spiro atoms. The van der Waals surface area contributed by atoms with Crippen LogP contribution in [0.15, 0.2) is 36.5 Å². The zero-order chi connectivity index (χ0) is 29.9. The molecule has 0 radical (unpaired) electrons. The van der Waals surface area contributed by atoms with Gasteiger partial charge in [0.25, 0.3) is 5.91 Å². The van der Waals surface area contributed by atoms with Crippen molar-refractivity contribution in [3.63, 3.8) is 0 Å². The number of methoxy groups -OCH3 is 1. The van der Waals surface area contributed by atoms with Gasteiger partial charge in [0.1, 0.15) is 17.6 Å². The SMILES string of the molecule is COc1cc(C(=O)N2CCCC2)ccc1NCC#Cc1nc2c(N[C@@H]3CCN(C)C[C@@H]3F)cccn2c1CC(F)(F)F. The molecule has 0 saturated carbocycles. The molecule has 4 heterocycles. The number of rotatable bonds is 7. The molecular formula is C30H34F4N6O2. The summed E-state index contributed by atoms with van der Waals surface area (Å²) >= 11 is 0. The summed E-state index contributed by atoms with van der Waals surface area (Å²) in [6.45, 7) is 2.56. The van der Waals surface area contributed by atoms with Crippen LogP contribution in [0.1, 0.15) is 41.0 Å². The van der Waals surface area contributed by atoms with Crippen molar-refractivity contribution in [3.05, 3.63) is 53.5 Å². The van der Waals surface area contributed by atoms with Crippen LogP contribution >= 0.6 is 0 Å². The summed E-state index contributed by atoms with van der Waals surface area (Å²) in [6.07, 6.45) is -2.76. The van der Waals surface area contributed by atoms with E-state index < -0.39 is 24.8 Å². The maximum atomic E-state index is 14.7. The van der Waals surface area contributed by atoms with Gasteiger partial charge in [0.05, 0.1) is 43.2 Å². The van der Waals surface area contributed by atoms with Gasteiger partial charge in [0.2, 0.25) is 0 Å². The van der Waals surface area contributed by atoms with Crippen LogP contribution in [0, 0.1) is 11.8 Å². The highest BCUT2D eigenvalue weighted by atomic mass is 19.4. The third-order valence-corrected chi connectivity index (χ3v) is 7.62. The van der Waals surface area contributed by atoms with Crippen molar-refractivity contribution in [1.82, 2.24) is 19.2 Å². The van der Waals surface area contributed by atoms with Crippen LogP contribution in [0.2, 0.25) is 0 Å². The number of pyridine rings is 1. The van der Waals surface area contributed by atoms with Gasteiger partial charge >= 0.3 is 6.18 Å². The second-order valence-electron chi connectivity index (χ2n) is 10.7. The number of hydrogen-bond acceptors (Lipinski definition) is 6. The number of halogens is 4. The number of aromatic nitrogens is 2. The first kappa shape index (κ1) is 29.5. The number of likely N-dealkylation sites (tertiary alicyclic amines) is 2. The molecule has 12 heteroatoms. The van der Waals surface area contributed by atoms with Crippen LogP contribution in [0.4, 0.5) is 28.9 Å². The Hall–Kier alpha value is -3.98. The van der Waals surface area contributed by atoms with Crippen LogP contribution < -0.4 is 15.4 Å². The van der Waals surface area contributed by atoms with Crippen molar-refractivity contribution < 1.29 is 27.1 Å². The normalized spacial score (nSPS) is 19.4. The molecule has 0 aliphatic carbocycles. The van der Waals surface area contributed by atoms with E-state index in [1.165, 1.54) is 17.7 Å². The fraction of sp³-hybridized carbons (Fsp3) is 0.467. The lowest BCUT2D eigenvalue weighted by Crippen LogP contribution is -2.46. The number of carbonyl (C=O) groups is 1. The molecule has 0 bridgehead atoms. The monoisotopic (exact) mass is 586 g/mol. The number of piperidine rings is 1. The quantitative estimate of drug-likeness (QED) is 0.312. The Bertz CT molecular complexity index is 1490. The van der Waals surface area contributed by atoms with Crippen LogP contribution in [0.25, 0.3) is 5.65 Å². The molecule has 2 fully saturated rings. The molecule has 2 aliphatic rings. The Morgan fingerprint density at radius 2 is 1.95 bits per heavy atom. The van der Waals surface area contributed by atoms with Crippen molar-refractivity contribution in [1.29, 1.82) is 0 Å². The number of hydrogen-bond donors (Lipinski definition) is 2. The van der Waals surface area contributed by atoms with Gasteiger partial charge in [0.15, 0.2) is 5.65 Å². The van der Waals surface area contributed by atoms with Crippen LogP contribution in [0.3, 0.4) is 0 Å². The number of benzene rings is 1. The Kier molecular flexibility index (Phi) is 8.77. The predicted octanol–water partition coefficient (Wildman–Crippen LogP) is 4.60. The van der Waals surface area contributed by atoms with Crippen molar-refractivity contribution in [2.75, 3.05) is 57.5 Å². The molecule has 5 rings (SSSR count). The number of ether oxygens (including phenoxy) is 1. The average molecular weight is 587 g/mol. The molecule has 1 aromatic carbocycles. The van der Waals surface area contributed by atoms with Gasteiger partial charge in [-0.3, -0.25) is 4.79 Å². The van der Waals surface area contributed by atoms with Gasteiger partial charge in [0, 0.05) is 37.9 Å². The number of nitrogens with zero attached hydrogens (tertiary/aromatic N) is 4. The van der Waals surface area contributed by atoms with Crippen LogP contribution in [-0.2, 0) is 6.42 Å². The lowest BCUT2D eigenvalue weighted by Gasteiger charge is -2.33. The van der Waals surface area contributed by atoms with Crippen molar-refractivity contribution in [3.8, 4) is 17.6 Å². The molecule has 2 N–H and O–H groups in total. The summed E-state index contributed by atoms with van der Waals surface area (Å²) in [5.74, 6) is 6.07. The predicted molar refractivity (Wildman–Crippen MR) is 153 cm³/mol. The number of anilines is 2. The largest absolute Gasteiger partial charge is 0.495 e. The Morgan fingerprint density at radius 1 is 1.17 bits per heavy atom. The van der Waals surface area contributed by atoms with Gasteiger partial charge in [-0.25, -0.2) is 9.37 Å². The van der Waals surface area contributed by atoms with Crippen molar-refractivity contribution in [2.45, 2.75) is 44.1 Å². The van der Waals surface area contributed by atoms with E-state index in [4.69, 9.17) is 4.74 Å². The first-order valence-electron chi connectivity index (χ1n) is 14.0. The van der Waals surface area contributed by atoms with Gasteiger partial charge in [-0.15, -0.1) is 0 Å². The fourth-order valence-corrected chi connectivity index (χ4v) is 5.45. The Morgan fingerprint density at radius 3 is 2.67 bits per heavy atom. The van der Waals surface area contributed by atoms with E-state index in [1.807, 2.05) is 16.8 Å². The number of amides is 1. The van der Waals surface area contributed by atoms with E-state index in [1.54, 1.807) is 30.3 Å². The maximum absolute atomic E-state index is 14.7. The maximum Gasteiger partial charge on any atom is 0.394 e. The molecule has 2 saturated heterocycles. The summed E-state index contributed by atoms with van der Waals surface area (Å²) in [7, 11) is 3.35.